The Labute approximate surface area is 169 Å². The standard InChI is InChI=1S/C23H24FNO4/c1-3-15-9-11-16(12-10-15)21(26)19-20(17-7-4-5-8-18(17)24)25(13-6-14-29-2)23(28)22(19)27/h4-5,7-12,20,26H,3,6,13-14H2,1-2H3/b21-19-. The molecule has 29 heavy (non-hydrogen) atoms. The van der Waals surface area contributed by atoms with Gasteiger partial charge in [0.2, 0.25) is 0 Å². The molecule has 2 aromatic carbocycles. The molecular weight excluding hydrogens is 373 g/mol. The fraction of sp³-hybridized carbons (Fsp3) is 0.304. The van der Waals surface area contributed by atoms with Gasteiger partial charge in [-0.15, -0.1) is 0 Å². The maximum atomic E-state index is 14.6. The molecular formula is C23H24FNO4. The van der Waals surface area contributed by atoms with Crippen LogP contribution >= 0.6 is 0 Å². The summed E-state index contributed by atoms with van der Waals surface area (Å²) in [5.74, 6) is -2.40. The first-order valence-electron chi connectivity index (χ1n) is 9.60. The number of ketones is 1. The fourth-order valence-corrected chi connectivity index (χ4v) is 3.56. The molecule has 2 aromatic rings. The van der Waals surface area contributed by atoms with Gasteiger partial charge in [0, 0.05) is 31.4 Å². The molecule has 1 atom stereocenters. The second kappa shape index (κ2) is 9.01. The molecule has 1 aliphatic rings. The largest absolute Gasteiger partial charge is 0.507 e. The maximum Gasteiger partial charge on any atom is 0.295 e. The smallest absolute Gasteiger partial charge is 0.295 e. The Morgan fingerprint density at radius 1 is 1.14 bits per heavy atom. The molecule has 1 heterocycles. The summed E-state index contributed by atoms with van der Waals surface area (Å²) in [4.78, 5) is 26.8. The number of Topliss-reactive ketones (excluding diaryl/α,β-unsaturated/α-hetero) is 1. The first-order valence-corrected chi connectivity index (χ1v) is 9.60. The van der Waals surface area contributed by atoms with Crippen LogP contribution < -0.4 is 0 Å². The van der Waals surface area contributed by atoms with Crippen molar-refractivity contribution in [3.05, 3.63) is 76.6 Å². The number of aliphatic hydroxyl groups is 1. The van der Waals surface area contributed by atoms with Crippen LogP contribution in [0.2, 0.25) is 0 Å². The number of carbonyl (C=O) groups excluding carboxylic acids is 2. The molecule has 0 spiro atoms. The fourth-order valence-electron chi connectivity index (χ4n) is 3.56. The summed E-state index contributed by atoms with van der Waals surface area (Å²) in [5, 5.41) is 10.9. The van der Waals surface area contributed by atoms with E-state index in [9.17, 15) is 19.1 Å². The number of aliphatic hydroxyl groups excluding tert-OH is 1. The van der Waals surface area contributed by atoms with E-state index in [0.29, 0.717) is 18.6 Å². The SMILES string of the molecule is CCc1ccc(/C(O)=C2/C(=O)C(=O)N(CCCOC)C2c2ccccc2F)cc1. The first-order chi connectivity index (χ1) is 14.0. The van der Waals surface area contributed by atoms with Gasteiger partial charge < -0.3 is 14.7 Å². The molecule has 1 aliphatic heterocycles. The molecule has 1 N–H and O–H groups in total. The highest BCUT2D eigenvalue weighted by Crippen LogP contribution is 2.40. The molecule has 0 aromatic heterocycles. The van der Waals surface area contributed by atoms with Gasteiger partial charge in [-0.25, -0.2) is 4.39 Å². The number of hydrogen-bond acceptors (Lipinski definition) is 4. The van der Waals surface area contributed by atoms with E-state index in [2.05, 4.69) is 0 Å². The van der Waals surface area contributed by atoms with E-state index in [4.69, 9.17) is 4.74 Å². The molecule has 6 heteroatoms. The van der Waals surface area contributed by atoms with Crippen molar-refractivity contribution < 1.29 is 23.8 Å². The molecule has 1 saturated heterocycles. The van der Waals surface area contributed by atoms with Crippen LogP contribution in [0.5, 0.6) is 0 Å². The summed E-state index contributed by atoms with van der Waals surface area (Å²) in [5.41, 5.74) is 1.57. The third-order valence-corrected chi connectivity index (χ3v) is 5.12. The van der Waals surface area contributed by atoms with E-state index in [-0.39, 0.29) is 23.4 Å². The van der Waals surface area contributed by atoms with Crippen LogP contribution in [0.15, 0.2) is 54.1 Å². The van der Waals surface area contributed by atoms with Crippen LogP contribution in [0.3, 0.4) is 0 Å². The second-order valence-corrected chi connectivity index (χ2v) is 6.91. The number of rotatable bonds is 7. The number of hydrogen-bond donors (Lipinski definition) is 1. The van der Waals surface area contributed by atoms with Crippen LogP contribution in [0.4, 0.5) is 4.39 Å². The number of halogens is 1. The van der Waals surface area contributed by atoms with E-state index >= 15 is 0 Å². The number of benzene rings is 2. The minimum Gasteiger partial charge on any atom is -0.507 e. The van der Waals surface area contributed by atoms with Crippen molar-refractivity contribution in [2.45, 2.75) is 25.8 Å². The Morgan fingerprint density at radius 3 is 2.45 bits per heavy atom. The van der Waals surface area contributed by atoms with E-state index in [1.165, 1.54) is 17.0 Å². The Hall–Kier alpha value is -2.99. The van der Waals surface area contributed by atoms with Gasteiger partial charge in [0.1, 0.15) is 11.6 Å². The van der Waals surface area contributed by atoms with Crippen molar-refractivity contribution in [3.63, 3.8) is 0 Å². The van der Waals surface area contributed by atoms with Crippen LogP contribution in [-0.4, -0.2) is 42.0 Å². The van der Waals surface area contributed by atoms with Crippen LogP contribution in [-0.2, 0) is 20.7 Å². The van der Waals surface area contributed by atoms with Crippen molar-refractivity contribution in [1.29, 1.82) is 0 Å². The zero-order valence-corrected chi connectivity index (χ0v) is 16.5. The number of aryl methyl sites for hydroxylation is 1. The van der Waals surface area contributed by atoms with Gasteiger partial charge in [0.15, 0.2) is 0 Å². The van der Waals surface area contributed by atoms with E-state index in [1.54, 1.807) is 31.4 Å². The first kappa shape index (κ1) is 20.7. The summed E-state index contributed by atoms with van der Waals surface area (Å²) < 4.78 is 19.7. The maximum absolute atomic E-state index is 14.6. The molecule has 3 rings (SSSR count). The lowest BCUT2D eigenvalue weighted by molar-refractivity contribution is -0.140. The highest BCUT2D eigenvalue weighted by atomic mass is 19.1. The van der Waals surface area contributed by atoms with Crippen molar-refractivity contribution in [2.24, 2.45) is 0 Å². The van der Waals surface area contributed by atoms with E-state index < -0.39 is 23.5 Å². The number of amides is 1. The lowest BCUT2D eigenvalue weighted by atomic mass is 9.94. The van der Waals surface area contributed by atoms with Crippen LogP contribution in [0.1, 0.15) is 36.1 Å². The van der Waals surface area contributed by atoms with Gasteiger partial charge in [0.25, 0.3) is 11.7 Å². The summed E-state index contributed by atoms with van der Waals surface area (Å²) in [6.45, 7) is 2.62. The van der Waals surface area contributed by atoms with E-state index in [1.807, 2.05) is 19.1 Å². The molecule has 152 valence electrons. The average Bonchev–Trinajstić information content (AvgIpc) is 2.98. The molecule has 0 bridgehead atoms. The van der Waals surface area contributed by atoms with Crippen molar-refractivity contribution in [3.8, 4) is 0 Å². The zero-order valence-electron chi connectivity index (χ0n) is 16.5. The van der Waals surface area contributed by atoms with E-state index in [0.717, 1.165) is 12.0 Å². The molecule has 1 amide bonds. The zero-order chi connectivity index (χ0) is 21.0. The van der Waals surface area contributed by atoms with Gasteiger partial charge in [0.05, 0.1) is 11.6 Å². The summed E-state index contributed by atoms with van der Waals surface area (Å²) in [6.07, 6.45) is 1.32. The number of nitrogens with zero attached hydrogens (tertiary/aromatic N) is 1. The molecule has 0 radical (unpaired) electrons. The van der Waals surface area contributed by atoms with Crippen LogP contribution in [0, 0.1) is 5.82 Å². The molecule has 0 aliphatic carbocycles. The summed E-state index contributed by atoms with van der Waals surface area (Å²) >= 11 is 0. The summed E-state index contributed by atoms with van der Waals surface area (Å²) in [7, 11) is 1.54. The third kappa shape index (κ3) is 4.07. The normalized spacial score (nSPS) is 18.4. The lowest BCUT2D eigenvalue weighted by Gasteiger charge is -2.25. The Balaban J connectivity index is 2.12. The molecule has 1 fully saturated rings. The van der Waals surface area contributed by atoms with Crippen LogP contribution in [0.25, 0.3) is 5.76 Å². The second-order valence-electron chi connectivity index (χ2n) is 6.91. The topological polar surface area (TPSA) is 66.8 Å². The highest BCUT2D eigenvalue weighted by Gasteiger charge is 2.46. The van der Waals surface area contributed by atoms with Gasteiger partial charge >= 0.3 is 0 Å². The number of ether oxygens (including phenoxy) is 1. The Bertz CT molecular complexity index is 936. The lowest BCUT2D eigenvalue weighted by Crippen LogP contribution is -2.31. The van der Waals surface area contributed by atoms with Gasteiger partial charge in [-0.3, -0.25) is 9.59 Å². The quantitative estimate of drug-likeness (QED) is 0.334. The minimum absolute atomic E-state index is 0.0956. The minimum atomic E-state index is -0.987. The van der Waals surface area contributed by atoms with Gasteiger partial charge in [-0.1, -0.05) is 49.4 Å². The van der Waals surface area contributed by atoms with Crippen molar-refractivity contribution in [1.82, 2.24) is 4.90 Å². The predicted octanol–water partition coefficient (Wildman–Crippen LogP) is 3.85. The number of carbonyl (C=O) groups is 2. The van der Waals surface area contributed by atoms with Crippen molar-refractivity contribution >= 4 is 17.4 Å². The average molecular weight is 397 g/mol. The van der Waals surface area contributed by atoms with Gasteiger partial charge in [-0.05, 0) is 24.5 Å². The highest BCUT2D eigenvalue weighted by molar-refractivity contribution is 6.46. The monoisotopic (exact) mass is 397 g/mol. The molecule has 1 unspecified atom stereocenters. The molecule has 0 saturated carbocycles. The Morgan fingerprint density at radius 2 is 1.83 bits per heavy atom. The number of methoxy groups -OCH3 is 1. The van der Waals surface area contributed by atoms with Crippen molar-refractivity contribution in [2.75, 3.05) is 20.3 Å². The predicted molar refractivity (Wildman–Crippen MR) is 108 cm³/mol. The summed E-state index contributed by atoms with van der Waals surface area (Å²) in [6, 6.07) is 12.1. The number of likely N-dealkylation sites (tertiary alicyclic amines) is 1. The van der Waals surface area contributed by atoms with Gasteiger partial charge in [-0.2, -0.15) is 0 Å². The Kier molecular flexibility index (Phi) is 6.44. The third-order valence-electron chi connectivity index (χ3n) is 5.12. The molecule has 5 nitrogen and oxygen atoms in total.